The molecule has 0 unspecified atom stereocenters. The first kappa shape index (κ1) is 14.5. The van der Waals surface area contributed by atoms with Crippen molar-refractivity contribution in [1.82, 2.24) is 9.29 Å². The third-order valence-electron chi connectivity index (χ3n) is 3.48. The van der Waals surface area contributed by atoms with Crippen LogP contribution in [0.15, 0.2) is 18.3 Å². The maximum atomic E-state index is 12.1. The Morgan fingerprint density at radius 3 is 2.84 bits per heavy atom. The van der Waals surface area contributed by atoms with Crippen LogP contribution in [0, 0.1) is 5.92 Å². The van der Waals surface area contributed by atoms with E-state index < -0.39 is 10.0 Å². The minimum absolute atomic E-state index is 0.0950. The maximum Gasteiger partial charge on any atom is 0.211 e. The van der Waals surface area contributed by atoms with E-state index in [0.29, 0.717) is 12.5 Å². The molecule has 0 fully saturated rings. The molecule has 0 saturated heterocycles. The monoisotopic (exact) mass is 282 g/mol. The lowest BCUT2D eigenvalue weighted by Gasteiger charge is -2.34. The molecule has 0 aliphatic heterocycles. The van der Waals surface area contributed by atoms with Crippen molar-refractivity contribution in [3.63, 3.8) is 0 Å². The zero-order valence-electron chi connectivity index (χ0n) is 11.8. The molecular weight excluding hydrogens is 260 g/mol. The van der Waals surface area contributed by atoms with E-state index in [2.05, 4.69) is 11.1 Å². The lowest BCUT2D eigenvalue weighted by Crippen LogP contribution is -2.38. The van der Waals surface area contributed by atoms with Gasteiger partial charge in [-0.1, -0.05) is 19.9 Å². The van der Waals surface area contributed by atoms with Gasteiger partial charge in [-0.25, -0.2) is 8.42 Å². The van der Waals surface area contributed by atoms with Crippen molar-refractivity contribution in [2.45, 2.75) is 39.2 Å². The second kappa shape index (κ2) is 5.59. The molecule has 1 heterocycles. The normalized spacial score (nSPS) is 19.7. The van der Waals surface area contributed by atoms with Gasteiger partial charge in [0.25, 0.3) is 0 Å². The molecule has 1 aliphatic rings. The van der Waals surface area contributed by atoms with Crippen LogP contribution in [0.4, 0.5) is 0 Å². The van der Waals surface area contributed by atoms with Gasteiger partial charge in [0.2, 0.25) is 10.0 Å². The molecule has 0 saturated carbocycles. The largest absolute Gasteiger partial charge is 0.259 e. The Bertz CT molecular complexity index is 540. The second-order valence-electron chi connectivity index (χ2n) is 5.68. The summed E-state index contributed by atoms with van der Waals surface area (Å²) >= 11 is 0. The molecule has 2 rings (SSSR count). The van der Waals surface area contributed by atoms with Crippen LogP contribution >= 0.6 is 0 Å². The van der Waals surface area contributed by atoms with Gasteiger partial charge in [0, 0.05) is 12.7 Å². The van der Waals surface area contributed by atoms with Gasteiger partial charge < -0.3 is 0 Å². The second-order valence-corrected chi connectivity index (χ2v) is 7.62. The Balaban J connectivity index is 2.39. The summed E-state index contributed by atoms with van der Waals surface area (Å²) in [5.41, 5.74) is 2.14. The lowest BCUT2D eigenvalue weighted by molar-refractivity contribution is 0.265. The highest BCUT2D eigenvalue weighted by atomic mass is 32.2. The number of fused-ring (bicyclic) bond motifs is 1. The van der Waals surface area contributed by atoms with Crippen molar-refractivity contribution < 1.29 is 8.42 Å². The molecule has 0 N–H and O–H groups in total. The van der Waals surface area contributed by atoms with Crippen molar-refractivity contribution in [1.29, 1.82) is 0 Å². The fourth-order valence-corrected chi connectivity index (χ4v) is 3.96. The van der Waals surface area contributed by atoms with Crippen LogP contribution in [0.2, 0.25) is 0 Å². The van der Waals surface area contributed by atoms with Crippen molar-refractivity contribution in [3.8, 4) is 0 Å². The summed E-state index contributed by atoms with van der Waals surface area (Å²) in [4.78, 5) is 4.44. The maximum absolute atomic E-state index is 12.1. The Kier molecular flexibility index (Phi) is 4.26. The van der Waals surface area contributed by atoms with Gasteiger partial charge in [-0.05, 0) is 36.8 Å². The van der Waals surface area contributed by atoms with Gasteiger partial charge >= 0.3 is 0 Å². The van der Waals surface area contributed by atoms with Crippen LogP contribution in [0.3, 0.4) is 0 Å². The SMILES string of the molecule is CC(C)CN([C@@H]1CCCc2cccnc21)S(C)(=O)=O. The fraction of sp³-hybridized carbons (Fsp3) is 0.643. The van der Waals surface area contributed by atoms with Gasteiger partial charge in [-0.15, -0.1) is 0 Å². The quantitative estimate of drug-likeness (QED) is 0.852. The molecule has 1 aliphatic carbocycles. The van der Waals surface area contributed by atoms with Gasteiger partial charge in [-0.3, -0.25) is 4.98 Å². The van der Waals surface area contributed by atoms with E-state index in [9.17, 15) is 8.42 Å². The summed E-state index contributed by atoms with van der Waals surface area (Å²) in [7, 11) is -3.21. The van der Waals surface area contributed by atoms with Crippen molar-refractivity contribution in [3.05, 3.63) is 29.6 Å². The molecule has 0 bridgehead atoms. The Morgan fingerprint density at radius 2 is 2.21 bits per heavy atom. The van der Waals surface area contributed by atoms with Crippen molar-refractivity contribution in [2.24, 2.45) is 5.92 Å². The predicted octanol–water partition coefficient (Wildman–Crippen LogP) is 2.38. The molecule has 19 heavy (non-hydrogen) atoms. The number of sulfonamides is 1. The highest BCUT2D eigenvalue weighted by Gasteiger charge is 2.32. The van der Waals surface area contributed by atoms with Crippen molar-refractivity contribution in [2.75, 3.05) is 12.8 Å². The fourth-order valence-electron chi connectivity index (χ4n) is 2.72. The first-order valence-corrected chi connectivity index (χ1v) is 8.65. The highest BCUT2D eigenvalue weighted by Crippen LogP contribution is 2.34. The Morgan fingerprint density at radius 1 is 1.47 bits per heavy atom. The summed E-state index contributed by atoms with van der Waals surface area (Å²) in [6.07, 6.45) is 5.94. The number of aromatic nitrogens is 1. The number of aryl methyl sites for hydroxylation is 1. The average Bonchev–Trinajstić information content (AvgIpc) is 2.34. The van der Waals surface area contributed by atoms with E-state index >= 15 is 0 Å². The predicted molar refractivity (Wildman–Crippen MR) is 76.3 cm³/mol. The van der Waals surface area contributed by atoms with E-state index in [4.69, 9.17) is 0 Å². The summed E-state index contributed by atoms with van der Waals surface area (Å²) in [5.74, 6) is 0.309. The van der Waals surface area contributed by atoms with E-state index in [-0.39, 0.29) is 6.04 Å². The molecule has 4 nitrogen and oxygen atoms in total. The molecule has 1 atom stereocenters. The molecular formula is C14H22N2O2S. The van der Waals surface area contributed by atoms with E-state index in [0.717, 1.165) is 25.0 Å². The standard InChI is InChI=1S/C14H22N2O2S/c1-11(2)10-16(19(3,17)18)13-8-4-6-12-7-5-9-15-14(12)13/h5,7,9,11,13H,4,6,8,10H2,1-3H3/t13-/m1/s1. The molecule has 1 aromatic rings. The number of hydrogen-bond acceptors (Lipinski definition) is 3. The van der Waals surface area contributed by atoms with E-state index in [1.807, 2.05) is 19.9 Å². The molecule has 5 heteroatoms. The third kappa shape index (κ3) is 3.34. The Labute approximate surface area is 115 Å². The summed E-state index contributed by atoms with van der Waals surface area (Å²) in [5, 5.41) is 0. The smallest absolute Gasteiger partial charge is 0.211 e. The molecule has 106 valence electrons. The first-order valence-electron chi connectivity index (χ1n) is 6.80. The number of rotatable bonds is 4. The molecule has 0 radical (unpaired) electrons. The number of nitrogens with zero attached hydrogens (tertiary/aromatic N) is 2. The molecule has 0 aromatic carbocycles. The van der Waals surface area contributed by atoms with Gasteiger partial charge in [0.1, 0.15) is 0 Å². The van der Waals surface area contributed by atoms with Gasteiger partial charge in [0.05, 0.1) is 18.0 Å². The van der Waals surface area contributed by atoms with Crippen molar-refractivity contribution >= 4 is 10.0 Å². The summed E-state index contributed by atoms with van der Waals surface area (Å²) < 4.78 is 25.8. The van der Waals surface area contributed by atoms with Crippen LogP contribution in [0.5, 0.6) is 0 Å². The minimum atomic E-state index is -3.21. The lowest BCUT2D eigenvalue weighted by atomic mass is 9.91. The summed E-state index contributed by atoms with van der Waals surface area (Å²) in [6, 6.07) is 3.89. The highest BCUT2D eigenvalue weighted by molar-refractivity contribution is 7.88. The van der Waals surface area contributed by atoms with E-state index in [1.54, 1.807) is 10.5 Å². The van der Waals surface area contributed by atoms with Crippen LogP contribution in [-0.2, 0) is 16.4 Å². The van der Waals surface area contributed by atoms with Crippen LogP contribution in [0.25, 0.3) is 0 Å². The van der Waals surface area contributed by atoms with Gasteiger partial charge in [-0.2, -0.15) is 4.31 Å². The molecule has 0 spiro atoms. The summed E-state index contributed by atoms with van der Waals surface area (Å²) in [6.45, 7) is 4.64. The zero-order chi connectivity index (χ0) is 14.0. The minimum Gasteiger partial charge on any atom is -0.259 e. The molecule has 1 aromatic heterocycles. The Hall–Kier alpha value is -0.940. The zero-order valence-corrected chi connectivity index (χ0v) is 12.7. The average molecular weight is 282 g/mol. The number of hydrogen-bond donors (Lipinski definition) is 0. The number of pyridine rings is 1. The third-order valence-corrected chi connectivity index (χ3v) is 4.74. The van der Waals surface area contributed by atoms with Crippen LogP contribution in [0.1, 0.15) is 44.0 Å². The van der Waals surface area contributed by atoms with Crippen LogP contribution in [-0.4, -0.2) is 30.5 Å². The molecule has 0 amide bonds. The first-order chi connectivity index (χ1) is 8.89. The van der Waals surface area contributed by atoms with Crippen LogP contribution < -0.4 is 0 Å². The van der Waals surface area contributed by atoms with E-state index in [1.165, 1.54) is 11.8 Å². The van der Waals surface area contributed by atoms with Gasteiger partial charge in [0.15, 0.2) is 0 Å². The topological polar surface area (TPSA) is 50.3 Å².